The number of carbonyl (C=O) groups is 4. The Morgan fingerprint density at radius 3 is 1.72 bits per heavy atom. The van der Waals surface area contributed by atoms with E-state index in [0.29, 0.717) is 11.3 Å². The maximum Gasteiger partial charge on any atom is 0.348 e. The van der Waals surface area contributed by atoms with Crippen molar-refractivity contribution in [3.63, 3.8) is 0 Å². The van der Waals surface area contributed by atoms with Crippen LogP contribution in [0.5, 0.6) is 0 Å². The van der Waals surface area contributed by atoms with Crippen molar-refractivity contribution in [3.8, 4) is 0 Å². The summed E-state index contributed by atoms with van der Waals surface area (Å²) in [6.07, 6.45) is 0. The van der Waals surface area contributed by atoms with Gasteiger partial charge >= 0.3 is 23.9 Å². The van der Waals surface area contributed by atoms with E-state index in [-0.39, 0.29) is 58.1 Å². The van der Waals surface area contributed by atoms with Crippen LogP contribution < -0.4 is 10.6 Å². The second-order valence-electron chi connectivity index (χ2n) is 7.02. The van der Waals surface area contributed by atoms with Gasteiger partial charge in [-0.2, -0.15) is 0 Å². The summed E-state index contributed by atoms with van der Waals surface area (Å²) in [7, 11) is 0. The molecule has 0 unspecified atom stereocenters. The minimum absolute atomic E-state index is 0.0352. The largest absolute Gasteiger partial charge is 0.462 e. The fraction of sp³-hybridized carbons (Fsp3) is 0.375. The Hall–Kier alpha value is -3.51. The first-order valence-electron chi connectivity index (χ1n) is 11.2. The molecular formula is C24H28N2O8S2. The average Bonchev–Trinajstić information content (AvgIpc) is 3.15. The molecule has 0 aliphatic carbocycles. The monoisotopic (exact) mass is 536 g/mol. The summed E-state index contributed by atoms with van der Waals surface area (Å²) in [5, 5.41) is 6.10. The topological polar surface area (TPSA) is 129 Å². The van der Waals surface area contributed by atoms with Crippen LogP contribution in [0.2, 0.25) is 0 Å². The Morgan fingerprint density at radius 1 is 0.750 bits per heavy atom. The molecule has 2 N–H and O–H groups in total. The molecule has 36 heavy (non-hydrogen) atoms. The second kappa shape index (κ2) is 13.5. The summed E-state index contributed by atoms with van der Waals surface area (Å²) in [4.78, 5) is 49.8. The molecule has 1 aromatic carbocycles. The number of carbonyl (C=O) groups excluding carboxylic acids is 4. The molecule has 0 radical (unpaired) electrons. The lowest BCUT2D eigenvalue weighted by molar-refractivity contribution is 0.0508. The second-order valence-corrected chi connectivity index (χ2v) is 8.45. The highest BCUT2D eigenvalue weighted by molar-refractivity contribution is 7.80. The zero-order valence-corrected chi connectivity index (χ0v) is 22.3. The summed E-state index contributed by atoms with van der Waals surface area (Å²) < 4.78 is 20.3. The van der Waals surface area contributed by atoms with Gasteiger partial charge < -0.3 is 29.6 Å². The summed E-state index contributed by atoms with van der Waals surface area (Å²) in [5.41, 5.74) is 1.10. The number of thiocarbonyl (C=S) groups is 1. The number of benzene rings is 1. The summed E-state index contributed by atoms with van der Waals surface area (Å²) >= 11 is 6.40. The molecule has 0 atom stereocenters. The van der Waals surface area contributed by atoms with Crippen LogP contribution in [0.25, 0.3) is 0 Å². The van der Waals surface area contributed by atoms with Gasteiger partial charge in [-0.25, -0.2) is 19.2 Å². The zero-order chi connectivity index (χ0) is 26.8. The first-order chi connectivity index (χ1) is 17.2. The number of thiophene rings is 1. The molecule has 0 aliphatic heterocycles. The number of nitrogens with one attached hydrogen (secondary N) is 2. The van der Waals surface area contributed by atoms with Crippen LogP contribution in [-0.4, -0.2) is 55.4 Å². The van der Waals surface area contributed by atoms with Gasteiger partial charge in [-0.3, -0.25) is 0 Å². The number of hydrogen-bond acceptors (Lipinski definition) is 10. The maximum atomic E-state index is 12.6. The van der Waals surface area contributed by atoms with Crippen molar-refractivity contribution in [1.29, 1.82) is 0 Å². The normalized spacial score (nSPS) is 10.2. The molecule has 0 spiro atoms. The van der Waals surface area contributed by atoms with Gasteiger partial charge in [0.05, 0.1) is 43.1 Å². The molecule has 194 valence electrons. The lowest BCUT2D eigenvalue weighted by Crippen LogP contribution is -2.21. The number of anilines is 2. The highest BCUT2D eigenvalue weighted by atomic mass is 32.1. The van der Waals surface area contributed by atoms with Crippen molar-refractivity contribution in [2.24, 2.45) is 0 Å². The SMILES string of the molecule is CCOC(=O)c1cc(NC(=S)Nc2sc(C(=O)OCC)c(C)c2C(=O)OCC)cc(C(=O)OCC)c1. The first kappa shape index (κ1) is 28.7. The van der Waals surface area contributed by atoms with E-state index in [1.807, 2.05) is 0 Å². The Kier molecular flexibility index (Phi) is 10.8. The maximum absolute atomic E-state index is 12.6. The lowest BCUT2D eigenvalue weighted by Gasteiger charge is -2.13. The molecule has 0 saturated carbocycles. The molecule has 0 aliphatic rings. The van der Waals surface area contributed by atoms with E-state index in [1.165, 1.54) is 18.2 Å². The third kappa shape index (κ3) is 7.25. The number of esters is 4. The van der Waals surface area contributed by atoms with Gasteiger partial charge in [-0.1, -0.05) is 0 Å². The standard InChI is InChI=1S/C24H28N2O8S2/c1-6-31-20(27)14-10-15(21(28)32-7-2)12-16(11-14)25-24(35)26-19-17(22(29)33-8-3)13(5)18(36-19)23(30)34-9-4/h10-12H,6-9H2,1-5H3,(H2,25,26,35). The number of ether oxygens (including phenoxy) is 4. The van der Waals surface area contributed by atoms with Crippen LogP contribution in [-0.2, 0) is 18.9 Å². The Bertz CT molecular complexity index is 1120. The summed E-state index contributed by atoms with van der Waals surface area (Å²) in [6, 6.07) is 4.29. The Morgan fingerprint density at radius 2 is 1.22 bits per heavy atom. The quantitative estimate of drug-likeness (QED) is 0.252. The number of hydrogen-bond donors (Lipinski definition) is 2. The van der Waals surface area contributed by atoms with Gasteiger partial charge in [0, 0.05) is 5.69 Å². The molecule has 12 heteroatoms. The van der Waals surface area contributed by atoms with E-state index >= 15 is 0 Å². The van der Waals surface area contributed by atoms with Gasteiger partial charge in [0.25, 0.3) is 0 Å². The lowest BCUT2D eigenvalue weighted by atomic mass is 10.1. The van der Waals surface area contributed by atoms with E-state index in [4.69, 9.17) is 31.2 Å². The van der Waals surface area contributed by atoms with E-state index in [0.717, 1.165) is 11.3 Å². The third-order valence-corrected chi connectivity index (χ3v) is 5.92. The minimum Gasteiger partial charge on any atom is -0.462 e. The van der Waals surface area contributed by atoms with Crippen LogP contribution in [0.3, 0.4) is 0 Å². The average molecular weight is 537 g/mol. The molecule has 0 saturated heterocycles. The first-order valence-corrected chi connectivity index (χ1v) is 12.4. The highest BCUT2D eigenvalue weighted by Gasteiger charge is 2.27. The van der Waals surface area contributed by atoms with Crippen LogP contribution >= 0.6 is 23.6 Å². The number of rotatable bonds is 10. The minimum atomic E-state index is -0.624. The van der Waals surface area contributed by atoms with Crippen molar-refractivity contribution in [1.82, 2.24) is 0 Å². The van der Waals surface area contributed by atoms with Crippen LogP contribution in [0.15, 0.2) is 18.2 Å². The predicted molar refractivity (Wildman–Crippen MR) is 139 cm³/mol. The molecule has 10 nitrogen and oxygen atoms in total. The van der Waals surface area contributed by atoms with Gasteiger partial charge in [-0.05, 0) is 70.6 Å². The van der Waals surface area contributed by atoms with Crippen LogP contribution in [0.4, 0.5) is 10.7 Å². The van der Waals surface area contributed by atoms with Crippen molar-refractivity contribution >= 4 is 63.2 Å². The van der Waals surface area contributed by atoms with E-state index < -0.39 is 23.9 Å². The van der Waals surface area contributed by atoms with Crippen molar-refractivity contribution in [2.75, 3.05) is 37.1 Å². The molecule has 0 bridgehead atoms. The molecule has 2 aromatic rings. The smallest absolute Gasteiger partial charge is 0.348 e. The molecule has 0 fully saturated rings. The van der Waals surface area contributed by atoms with Gasteiger partial charge in [-0.15, -0.1) is 11.3 Å². The predicted octanol–water partition coefficient (Wildman–Crippen LogP) is 4.57. The highest BCUT2D eigenvalue weighted by Crippen LogP contribution is 2.34. The van der Waals surface area contributed by atoms with E-state index in [2.05, 4.69) is 10.6 Å². The van der Waals surface area contributed by atoms with Crippen molar-refractivity contribution in [2.45, 2.75) is 34.6 Å². The van der Waals surface area contributed by atoms with Crippen LogP contribution in [0, 0.1) is 6.92 Å². The van der Waals surface area contributed by atoms with Crippen molar-refractivity contribution < 1.29 is 38.1 Å². The fourth-order valence-corrected chi connectivity index (χ4v) is 4.45. The summed E-state index contributed by atoms with van der Waals surface area (Å²) in [5.74, 6) is -2.44. The molecule has 0 amide bonds. The Balaban J connectivity index is 2.39. The van der Waals surface area contributed by atoms with Crippen LogP contribution in [0.1, 0.15) is 74.0 Å². The van der Waals surface area contributed by atoms with Gasteiger partial charge in [0.15, 0.2) is 5.11 Å². The van der Waals surface area contributed by atoms with Gasteiger partial charge in [0.1, 0.15) is 9.88 Å². The fourth-order valence-electron chi connectivity index (χ4n) is 3.07. The zero-order valence-electron chi connectivity index (χ0n) is 20.6. The third-order valence-electron chi connectivity index (χ3n) is 4.53. The van der Waals surface area contributed by atoms with E-state index in [1.54, 1.807) is 34.6 Å². The summed E-state index contributed by atoms with van der Waals surface area (Å²) in [6.45, 7) is 8.93. The van der Waals surface area contributed by atoms with E-state index in [9.17, 15) is 19.2 Å². The Labute approximate surface area is 218 Å². The molecular weight excluding hydrogens is 508 g/mol. The molecule has 2 rings (SSSR count). The van der Waals surface area contributed by atoms with Gasteiger partial charge in [0.2, 0.25) is 0 Å². The molecule has 1 aromatic heterocycles. The van der Waals surface area contributed by atoms with Crippen molar-refractivity contribution in [3.05, 3.63) is 45.3 Å². The molecule has 1 heterocycles.